The van der Waals surface area contributed by atoms with Crippen LogP contribution in [0.25, 0.3) is 0 Å². The molecule has 2 aromatic rings. The Labute approximate surface area is 149 Å². The van der Waals surface area contributed by atoms with Crippen molar-refractivity contribution in [2.75, 3.05) is 36.4 Å². The molecular weight excluding hydrogens is 349 g/mol. The van der Waals surface area contributed by atoms with Crippen molar-refractivity contribution < 1.29 is 13.2 Å². The summed E-state index contributed by atoms with van der Waals surface area (Å²) >= 11 is 5.41. The van der Waals surface area contributed by atoms with Gasteiger partial charge in [0.2, 0.25) is 0 Å². The number of anilines is 2. The van der Waals surface area contributed by atoms with Crippen molar-refractivity contribution in [1.82, 2.24) is 9.88 Å². The molecule has 25 heavy (non-hydrogen) atoms. The number of halogens is 3. The zero-order valence-corrected chi connectivity index (χ0v) is 14.1. The van der Waals surface area contributed by atoms with Crippen LogP contribution in [0.15, 0.2) is 48.8 Å². The van der Waals surface area contributed by atoms with Crippen molar-refractivity contribution in [2.24, 2.45) is 0 Å². The molecule has 2 heterocycles. The molecule has 1 N–H and O–H groups in total. The van der Waals surface area contributed by atoms with Crippen molar-refractivity contribution in [1.29, 1.82) is 0 Å². The lowest BCUT2D eigenvalue weighted by Gasteiger charge is -2.37. The second-order valence-electron chi connectivity index (χ2n) is 5.69. The number of benzene rings is 1. The van der Waals surface area contributed by atoms with E-state index in [1.807, 2.05) is 21.9 Å². The van der Waals surface area contributed by atoms with E-state index in [0.29, 0.717) is 37.0 Å². The third kappa shape index (κ3) is 4.39. The van der Waals surface area contributed by atoms with E-state index in [2.05, 4.69) is 10.3 Å². The van der Waals surface area contributed by atoms with Gasteiger partial charge in [0.25, 0.3) is 0 Å². The van der Waals surface area contributed by atoms with Crippen molar-refractivity contribution >= 4 is 28.7 Å². The maximum atomic E-state index is 12.9. The number of pyridine rings is 1. The number of hydrogen-bond donors (Lipinski definition) is 1. The first kappa shape index (κ1) is 17.5. The Hall–Kier alpha value is -2.35. The summed E-state index contributed by atoms with van der Waals surface area (Å²) in [4.78, 5) is 7.91. The van der Waals surface area contributed by atoms with Gasteiger partial charge in [-0.2, -0.15) is 13.2 Å². The number of nitrogens with one attached hydrogen (secondary N) is 1. The van der Waals surface area contributed by atoms with Crippen LogP contribution >= 0.6 is 12.2 Å². The van der Waals surface area contributed by atoms with Gasteiger partial charge in [-0.3, -0.25) is 4.98 Å². The lowest BCUT2D eigenvalue weighted by atomic mass is 10.1. The molecule has 1 fully saturated rings. The minimum atomic E-state index is -4.33. The van der Waals surface area contributed by atoms with Crippen molar-refractivity contribution in [2.45, 2.75) is 6.18 Å². The highest BCUT2D eigenvalue weighted by atomic mass is 32.1. The van der Waals surface area contributed by atoms with Crippen LogP contribution in [0.4, 0.5) is 24.5 Å². The molecule has 132 valence electrons. The van der Waals surface area contributed by atoms with Gasteiger partial charge in [0.15, 0.2) is 5.11 Å². The summed E-state index contributed by atoms with van der Waals surface area (Å²) in [6.07, 6.45) is -0.971. The minimum absolute atomic E-state index is 0.586. The molecule has 0 bridgehead atoms. The third-order valence-electron chi connectivity index (χ3n) is 4.04. The van der Waals surface area contributed by atoms with E-state index in [9.17, 15) is 13.2 Å². The van der Waals surface area contributed by atoms with E-state index in [0.717, 1.165) is 11.8 Å². The number of alkyl halides is 3. The normalized spacial score (nSPS) is 15.2. The molecule has 1 aliphatic heterocycles. The molecule has 8 heteroatoms. The van der Waals surface area contributed by atoms with Crippen LogP contribution in [0, 0.1) is 0 Å². The summed E-state index contributed by atoms with van der Waals surface area (Å²) < 4.78 is 38.6. The summed E-state index contributed by atoms with van der Waals surface area (Å²) in [5, 5.41) is 3.75. The van der Waals surface area contributed by atoms with Gasteiger partial charge in [-0.05, 0) is 42.5 Å². The lowest BCUT2D eigenvalue weighted by molar-refractivity contribution is -0.137. The molecule has 0 spiro atoms. The summed E-state index contributed by atoms with van der Waals surface area (Å²) in [7, 11) is 0. The van der Waals surface area contributed by atoms with Crippen LogP contribution in [-0.2, 0) is 6.18 Å². The molecule has 1 aromatic heterocycles. The van der Waals surface area contributed by atoms with Gasteiger partial charge in [-0.25, -0.2) is 0 Å². The average Bonchev–Trinajstić information content (AvgIpc) is 2.62. The molecular formula is C17H17F3N4S. The second kappa shape index (κ2) is 7.26. The Morgan fingerprint density at radius 3 is 2.36 bits per heavy atom. The Morgan fingerprint density at radius 1 is 1.04 bits per heavy atom. The lowest BCUT2D eigenvalue weighted by Crippen LogP contribution is -2.50. The number of aromatic nitrogens is 1. The highest BCUT2D eigenvalue weighted by molar-refractivity contribution is 7.80. The van der Waals surface area contributed by atoms with Crippen molar-refractivity contribution in [3.05, 3.63) is 54.4 Å². The van der Waals surface area contributed by atoms with Gasteiger partial charge < -0.3 is 15.1 Å². The number of rotatable bonds is 2. The Morgan fingerprint density at radius 2 is 1.72 bits per heavy atom. The van der Waals surface area contributed by atoms with Crippen LogP contribution < -0.4 is 10.2 Å². The van der Waals surface area contributed by atoms with Crippen molar-refractivity contribution in [3.8, 4) is 0 Å². The molecule has 0 atom stereocenters. The van der Waals surface area contributed by atoms with Crippen LogP contribution in [0.2, 0.25) is 0 Å². The highest BCUT2D eigenvalue weighted by Gasteiger charge is 2.31. The van der Waals surface area contributed by atoms with E-state index < -0.39 is 11.7 Å². The molecule has 3 rings (SSSR count). The van der Waals surface area contributed by atoms with Crippen molar-refractivity contribution in [3.63, 3.8) is 0 Å². The van der Waals surface area contributed by atoms with E-state index in [1.165, 1.54) is 12.1 Å². The maximum Gasteiger partial charge on any atom is 0.416 e. The molecule has 1 aromatic carbocycles. The maximum absolute atomic E-state index is 12.9. The zero-order chi connectivity index (χ0) is 17.9. The Bertz CT molecular complexity index is 728. The predicted octanol–water partition coefficient (Wildman–Crippen LogP) is 3.62. The SMILES string of the molecule is FC(F)(F)c1cccc(N2CCN(C(=S)Nc3ccncc3)CC2)c1. The van der Waals surface area contributed by atoms with Gasteiger partial charge in [-0.15, -0.1) is 0 Å². The fraction of sp³-hybridized carbons (Fsp3) is 0.294. The molecule has 4 nitrogen and oxygen atoms in total. The van der Waals surface area contributed by atoms with E-state index in [4.69, 9.17) is 12.2 Å². The fourth-order valence-electron chi connectivity index (χ4n) is 2.68. The van der Waals surface area contributed by atoms with Crippen LogP contribution in [0.1, 0.15) is 5.56 Å². The predicted molar refractivity (Wildman–Crippen MR) is 95.7 cm³/mol. The molecule has 0 aliphatic carbocycles. The molecule has 1 saturated heterocycles. The zero-order valence-electron chi connectivity index (χ0n) is 13.3. The first-order valence-corrected chi connectivity index (χ1v) is 8.22. The average molecular weight is 366 g/mol. The highest BCUT2D eigenvalue weighted by Crippen LogP contribution is 2.31. The van der Waals surface area contributed by atoms with Gasteiger partial charge in [-0.1, -0.05) is 6.07 Å². The van der Waals surface area contributed by atoms with Gasteiger partial charge in [0, 0.05) is 49.9 Å². The number of thiocarbonyl (C=S) groups is 1. The van der Waals surface area contributed by atoms with Gasteiger partial charge >= 0.3 is 6.18 Å². The van der Waals surface area contributed by atoms with Crippen LogP contribution in [0.3, 0.4) is 0 Å². The van der Waals surface area contributed by atoms with E-state index in [1.54, 1.807) is 18.5 Å². The van der Waals surface area contributed by atoms with Crippen LogP contribution in [-0.4, -0.2) is 41.2 Å². The molecule has 1 aliphatic rings. The summed E-state index contributed by atoms with van der Waals surface area (Å²) in [5.74, 6) is 0. The standard InChI is InChI=1S/C17H17F3N4S/c18-17(19,20)13-2-1-3-15(12-13)23-8-10-24(11-9-23)16(25)22-14-4-6-21-7-5-14/h1-7,12H,8-11H2,(H,21,22,25). The van der Waals surface area contributed by atoms with E-state index in [-0.39, 0.29) is 0 Å². The largest absolute Gasteiger partial charge is 0.416 e. The quantitative estimate of drug-likeness (QED) is 0.821. The Balaban J connectivity index is 1.59. The first-order valence-electron chi connectivity index (χ1n) is 7.81. The number of piperazine rings is 1. The minimum Gasteiger partial charge on any atom is -0.368 e. The fourth-order valence-corrected chi connectivity index (χ4v) is 2.98. The second-order valence-corrected chi connectivity index (χ2v) is 6.07. The molecule has 0 radical (unpaired) electrons. The van der Waals surface area contributed by atoms with E-state index >= 15 is 0 Å². The van der Waals surface area contributed by atoms with Crippen LogP contribution in [0.5, 0.6) is 0 Å². The smallest absolute Gasteiger partial charge is 0.368 e. The molecule has 0 saturated carbocycles. The third-order valence-corrected chi connectivity index (χ3v) is 4.40. The monoisotopic (exact) mass is 366 g/mol. The summed E-state index contributed by atoms with van der Waals surface area (Å²) in [6.45, 7) is 2.51. The molecule has 0 unspecified atom stereocenters. The Kier molecular flexibility index (Phi) is 5.08. The molecule has 0 amide bonds. The summed E-state index contributed by atoms with van der Waals surface area (Å²) in [5.41, 5.74) is 0.824. The van der Waals surface area contributed by atoms with Gasteiger partial charge in [0.05, 0.1) is 5.56 Å². The first-order chi connectivity index (χ1) is 11.9. The number of nitrogens with zero attached hydrogens (tertiary/aromatic N) is 3. The summed E-state index contributed by atoms with van der Waals surface area (Å²) in [6, 6.07) is 9.09. The van der Waals surface area contributed by atoms with Gasteiger partial charge in [0.1, 0.15) is 0 Å². The number of hydrogen-bond acceptors (Lipinski definition) is 3. The topological polar surface area (TPSA) is 31.4 Å².